The van der Waals surface area contributed by atoms with Gasteiger partial charge in [0.25, 0.3) is 5.91 Å². The van der Waals surface area contributed by atoms with Crippen LogP contribution in [-0.2, 0) is 7.05 Å². The Morgan fingerprint density at radius 2 is 1.79 bits per heavy atom. The van der Waals surface area contributed by atoms with Crippen LogP contribution in [0.3, 0.4) is 0 Å². The zero-order chi connectivity index (χ0) is 17.3. The number of halogens is 1. The molecule has 4 nitrogen and oxygen atoms in total. The predicted octanol–water partition coefficient (Wildman–Crippen LogP) is 3.84. The van der Waals surface area contributed by atoms with E-state index in [2.05, 4.69) is 10.3 Å². The number of benzene rings is 2. The Bertz CT molecular complexity index is 868. The number of aryl methyl sites for hydroxylation is 1. The fraction of sp³-hybridized carbons (Fsp3) is 0.263. The SMILES string of the molecule is CC(C)C(NC(=O)c1ccc(F)cc1)c1nc2ccccc2n1C. The van der Waals surface area contributed by atoms with Crippen LogP contribution in [0.4, 0.5) is 4.39 Å². The maximum atomic E-state index is 13.0. The van der Waals surface area contributed by atoms with Gasteiger partial charge in [0.1, 0.15) is 11.6 Å². The second-order valence-electron chi connectivity index (χ2n) is 6.22. The highest BCUT2D eigenvalue weighted by atomic mass is 19.1. The van der Waals surface area contributed by atoms with Gasteiger partial charge in [0.15, 0.2) is 0 Å². The molecule has 1 aromatic heterocycles. The second-order valence-corrected chi connectivity index (χ2v) is 6.22. The van der Waals surface area contributed by atoms with E-state index in [1.54, 1.807) is 0 Å². The average molecular weight is 325 g/mol. The van der Waals surface area contributed by atoms with Gasteiger partial charge in [0.05, 0.1) is 17.1 Å². The highest BCUT2D eigenvalue weighted by molar-refractivity contribution is 5.94. The van der Waals surface area contributed by atoms with Gasteiger partial charge >= 0.3 is 0 Å². The minimum atomic E-state index is -0.359. The first-order chi connectivity index (χ1) is 11.5. The van der Waals surface area contributed by atoms with Gasteiger partial charge in [-0.25, -0.2) is 9.37 Å². The molecular weight excluding hydrogens is 305 g/mol. The van der Waals surface area contributed by atoms with Crippen LogP contribution in [0.2, 0.25) is 0 Å². The molecule has 0 aliphatic rings. The van der Waals surface area contributed by atoms with Gasteiger partial charge < -0.3 is 9.88 Å². The Morgan fingerprint density at radius 1 is 1.12 bits per heavy atom. The molecule has 1 N–H and O–H groups in total. The minimum Gasteiger partial charge on any atom is -0.342 e. The smallest absolute Gasteiger partial charge is 0.251 e. The van der Waals surface area contributed by atoms with E-state index in [4.69, 9.17) is 0 Å². The van der Waals surface area contributed by atoms with Crippen molar-refractivity contribution in [3.63, 3.8) is 0 Å². The van der Waals surface area contributed by atoms with Crippen LogP contribution < -0.4 is 5.32 Å². The van der Waals surface area contributed by atoms with Gasteiger partial charge in [0.2, 0.25) is 0 Å². The van der Waals surface area contributed by atoms with Gasteiger partial charge in [-0.1, -0.05) is 26.0 Å². The Balaban J connectivity index is 1.93. The van der Waals surface area contributed by atoms with Crippen molar-refractivity contribution < 1.29 is 9.18 Å². The Hall–Kier alpha value is -2.69. The molecule has 3 rings (SSSR count). The number of nitrogens with zero attached hydrogens (tertiary/aromatic N) is 2. The summed E-state index contributed by atoms with van der Waals surface area (Å²) in [6.07, 6.45) is 0. The lowest BCUT2D eigenvalue weighted by molar-refractivity contribution is 0.0922. The summed E-state index contributed by atoms with van der Waals surface area (Å²) in [7, 11) is 1.95. The number of rotatable bonds is 4. The van der Waals surface area contributed by atoms with Gasteiger partial charge in [-0.15, -0.1) is 0 Å². The van der Waals surface area contributed by atoms with E-state index in [1.165, 1.54) is 24.3 Å². The Kier molecular flexibility index (Phi) is 4.34. The predicted molar refractivity (Wildman–Crippen MR) is 92.2 cm³/mol. The summed E-state index contributed by atoms with van der Waals surface area (Å²) in [5, 5.41) is 3.03. The summed E-state index contributed by atoms with van der Waals surface area (Å²) in [5.41, 5.74) is 2.35. The van der Waals surface area contributed by atoms with E-state index >= 15 is 0 Å². The molecular formula is C19H20FN3O. The summed E-state index contributed by atoms with van der Waals surface area (Å²) in [6, 6.07) is 13.2. The van der Waals surface area contributed by atoms with Crippen molar-refractivity contribution in [3.05, 3.63) is 65.7 Å². The summed E-state index contributed by atoms with van der Waals surface area (Å²) in [6.45, 7) is 4.07. The van der Waals surface area contributed by atoms with Crippen LogP contribution in [-0.4, -0.2) is 15.5 Å². The highest BCUT2D eigenvalue weighted by Crippen LogP contribution is 2.25. The first-order valence-electron chi connectivity index (χ1n) is 7.95. The zero-order valence-electron chi connectivity index (χ0n) is 14.0. The number of imidazole rings is 1. The summed E-state index contributed by atoms with van der Waals surface area (Å²) < 4.78 is 15.0. The number of carbonyl (C=O) groups is 1. The maximum Gasteiger partial charge on any atom is 0.251 e. The molecule has 1 atom stereocenters. The normalized spacial score (nSPS) is 12.5. The van der Waals surface area contributed by atoms with Crippen LogP contribution in [0, 0.1) is 11.7 Å². The molecule has 3 aromatic rings. The molecule has 2 aromatic carbocycles. The van der Waals surface area contributed by atoms with Gasteiger partial charge in [-0.2, -0.15) is 0 Å². The molecule has 0 spiro atoms. The van der Waals surface area contributed by atoms with Gasteiger partial charge in [-0.3, -0.25) is 4.79 Å². The van der Waals surface area contributed by atoms with Crippen molar-refractivity contribution in [2.24, 2.45) is 13.0 Å². The van der Waals surface area contributed by atoms with Crippen molar-refractivity contribution in [2.75, 3.05) is 0 Å². The Morgan fingerprint density at radius 3 is 2.42 bits per heavy atom. The van der Waals surface area contributed by atoms with Crippen LogP contribution >= 0.6 is 0 Å². The van der Waals surface area contributed by atoms with Crippen LogP contribution in [0.25, 0.3) is 11.0 Å². The number of fused-ring (bicyclic) bond motifs is 1. The Labute approximate surface area is 140 Å². The number of nitrogens with one attached hydrogen (secondary N) is 1. The topological polar surface area (TPSA) is 46.9 Å². The quantitative estimate of drug-likeness (QED) is 0.792. The molecule has 0 saturated heterocycles. The van der Waals surface area contributed by atoms with E-state index in [9.17, 15) is 9.18 Å². The van der Waals surface area contributed by atoms with Gasteiger partial charge in [-0.05, 0) is 42.3 Å². The van der Waals surface area contributed by atoms with E-state index in [0.717, 1.165) is 16.9 Å². The third kappa shape index (κ3) is 3.02. The third-order valence-electron chi connectivity index (χ3n) is 4.16. The van der Waals surface area contributed by atoms with E-state index in [0.29, 0.717) is 5.56 Å². The van der Waals surface area contributed by atoms with Crippen LogP contribution in [0.15, 0.2) is 48.5 Å². The molecule has 0 aliphatic carbocycles. The molecule has 0 radical (unpaired) electrons. The number of amides is 1. The fourth-order valence-corrected chi connectivity index (χ4v) is 2.80. The lowest BCUT2D eigenvalue weighted by Gasteiger charge is -2.22. The van der Waals surface area contributed by atoms with E-state index in [-0.39, 0.29) is 23.7 Å². The van der Waals surface area contributed by atoms with Crippen LogP contribution in [0.5, 0.6) is 0 Å². The van der Waals surface area contributed by atoms with Crippen molar-refractivity contribution in [2.45, 2.75) is 19.9 Å². The average Bonchev–Trinajstić information content (AvgIpc) is 2.90. The first-order valence-corrected chi connectivity index (χ1v) is 7.95. The summed E-state index contributed by atoms with van der Waals surface area (Å²) in [4.78, 5) is 17.2. The molecule has 1 amide bonds. The number of hydrogen-bond donors (Lipinski definition) is 1. The molecule has 0 fully saturated rings. The molecule has 24 heavy (non-hydrogen) atoms. The molecule has 0 aliphatic heterocycles. The third-order valence-corrected chi connectivity index (χ3v) is 4.16. The van der Waals surface area contributed by atoms with Crippen LogP contribution in [0.1, 0.15) is 36.1 Å². The van der Waals surface area contributed by atoms with Gasteiger partial charge in [0, 0.05) is 12.6 Å². The largest absolute Gasteiger partial charge is 0.342 e. The molecule has 1 heterocycles. The maximum absolute atomic E-state index is 13.0. The lowest BCUT2D eigenvalue weighted by Crippen LogP contribution is -2.33. The number of hydrogen-bond acceptors (Lipinski definition) is 2. The molecule has 1 unspecified atom stereocenters. The zero-order valence-corrected chi connectivity index (χ0v) is 14.0. The van der Waals surface area contributed by atoms with Crippen molar-refractivity contribution in [3.8, 4) is 0 Å². The highest BCUT2D eigenvalue weighted by Gasteiger charge is 2.24. The van der Waals surface area contributed by atoms with E-state index < -0.39 is 0 Å². The van der Waals surface area contributed by atoms with Crippen molar-refractivity contribution >= 4 is 16.9 Å². The first kappa shape index (κ1) is 16.2. The molecule has 124 valence electrons. The number of carbonyl (C=O) groups excluding carboxylic acids is 1. The second kappa shape index (κ2) is 6.43. The summed E-state index contributed by atoms with van der Waals surface area (Å²) in [5.74, 6) is 0.370. The standard InChI is InChI=1S/C19H20FN3O/c1-12(2)17(22-19(24)13-8-10-14(20)11-9-13)18-21-15-6-4-5-7-16(15)23(18)3/h4-12,17H,1-3H3,(H,22,24). The minimum absolute atomic E-state index is 0.157. The van der Waals surface area contributed by atoms with Crippen molar-refractivity contribution in [1.82, 2.24) is 14.9 Å². The summed E-state index contributed by atoms with van der Waals surface area (Å²) >= 11 is 0. The molecule has 5 heteroatoms. The monoisotopic (exact) mass is 325 g/mol. The molecule has 0 saturated carbocycles. The van der Waals surface area contributed by atoms with E-state index in [1.807, 2.05) is 49.7 Å². The molecule has 0 bridgehead atoms. The number of para-hydroxylation sites is 2. The number of aromatic nitrogens is 2. The van der Waals surface area contributed by atoms with Crippen molar-refractivity contribution in [1.29, 1.82) is 0 Å². The lowest BCUT2D eigenvalue weighted by atomic mass is 10.0. The fourth-order valence-electron chi connectivity index (χ4n) is 2.80.